The number of benzene rings is 2. The Kier molecular flexibility index (Phi) is 4.50. The molecule has 1 fully saturated rings. The summed E-state index contributed by atoms with van der Waals surface area (Å²) in [5.74, 6) is -2.60. The predicted molar refractivity (Wildman–Crippen MR) is 94.7 cm³/mol. The molecule has 0 bridgehead atoms. The lowest BCUT2D eigenvalue weighted by molar-refractivity contribution is -0.123. The average Bonchev–Trinajstić information content (AvgIpc) is 3.23. The fraction of sp³-hybridized carbons (Fsp3) is 0.263. The standard InChI is InChI=1S/C19H16F2N4O3/c1-28-13-5-2-11(3-6-13)8-9-24-17-16(22-23-24)18(26)25(19(17)27)12-4-7-14(20)15(21)10-12/h2-7,10,16-17H,8-9H2,1H3/t16-,17-/m0/s1. The number of amides is 2. The van der Waals surface area contributed by atoms with Gasteiger partial charge in [-0.15, -0.1) is 0 Å². The van der Waals surface area contributed by atoms with Gasteiger partial charge < -0.3 is 4.74 Å². The Hall–Kier alpha value is -3.36. The van der Waals surface area contributed by atoms with Gasteiger partial charge in [0, 0.05) is 12.6 Å². The maximum absolute atomic E-state index is 13.5. The Balaban J connectivity index is 1.50. The van der Waals surface area contributed by atoms with Crippen LogP contribution in [0.2, 0.25) is 0 Å². The summed E-state index contributed by atoms with van der Waals surface area (Å²) in [6.07, 6.45) is 0.582. The summed E-state index contributed by atoms with van der Waals surface area (Å²) in [7, 11) is 1.58. The molecule has 0 spiro atoms. The van der Waals surface area contributed by atoms with E-state index in [1.807, 2.05) is 24.3 Å². The van der Waals surface area contributed by atoms with Crippen molar-refractivity contribution in [2.75, 3.05) is 18.6 Å². The molecular formula is C19H16F2N4O3. The van der Waals surface area contributed by atoms with Crippen LogP contribution in [0.1, 0.15) is 5.56 Å². The van der Waals surface area contributed by atoms with Gasteiger partial charge >= 0.3 is 0 Å². The van der Waals surface area contributed by atoms with E-state index >= 15 is 0 Å². The van der Waals surface area contributed by atoms with Crippen LogP contribution in [-0.4, -0.2) is 42.6 Å². The Morgan fingerprint density at radius 1 is 1.04 bits per heavy atom. The highest BCUT2D eigenvalue weighted by atomic mass is 19.2. The second kappa shape index (κ2) is 6.99. The minimum Gasteiger partial charge on any atom is -0.497 e. The van der Waals surface area contributed by atoms with E-state index in [9.17, 15) is 18.4 Å². The highest BCUT2D eigenvalue weighted by molar-refractivity contribution is 6.25. The highest BCUT2D eigenvalue weighted by Crippen LogP contribution is 2.32. The SMILES string of the molecule is COc1ccc(CCN2N=N[C@@H]3C(=O)N(c4ccc(F)c(F)c4)C(=O)[C@H]32)cc1. The predicted octanol–water partition coefficient (Wildman–Crippen LogP) is 2.51. The molecule has 7 nitrogen and oxygen atoms in total. The number of halogens is 2. The minimum absolute atomic E-state index is 0.0198. The lowest BCUT2D eigenvalue weighted by Gasteiger charge is -2.20. The number of nitrogens with zero attached hydrogens (tertiary/aromatic N) is 4. The van der Waals surface area contributed by atoms with Gasteiger partial charge in [0.1, 0.15) is 5.75 Å². The van der Waals surface area contributed by atoms with Gasteiger partial charge in [0.15, 0.2) is 23.7 Å². The molecule has 2 heterocycles. The van der Waals surface area contributed by atoms with Crippen LogP contribution in [0.4, 0.5) is 14.5 Å². The van der Waals surface area contributed by atoms with E-state index in [0.29, 0.717) is 13.0 Å². The van der Waals surface area contributed by atoms with E-state index in [0.717, 1.165) is 28.3 Å². The lowest BCUT2D eigenvalue weighted by Crippen LogP contribution is -2.40. The van der Waals surface area contributed by atoms with Gasteiger partial charge in [0.2, 0.25) is 0 Å². The third-order valence-corrected chi connectivity index (χ3v) is 4.81. The fourth-order valence-corrected chi connectivity index (χ4v) is 3.32. The molecule has 1 saturated heterocycles. The molecule has 2 amide bonds. The highest BCUT2D eigenvalue weighted by Gasteiger charge is 2.54. The zero-order valence-corrected chi connectivity index (χ0v) is 14.9. The molecule has 0 unspecified atom stereocenters. The van der Waals surface area contributed by atoms with Crippen molar-refractivity contribution in [2.45, 2.75) is 18.5 Å². The molecule has 0 radical (unpaired) electrons. The number of fused-ring (bicyclic) bond motifs is 1. The van der Waals surface area contributed by atoms with Gasteiger partial charge in [-0.3, -0.25) is 14.6 Å². The monoisotopic (exact) mass is 386 g/mol. The number of imide groups is 1. The van der Waals surface area contributed by atoms with E-state index < -0.39 is 35.5 Å². The normalized spacial score (nSPS) is 20.8. The van der Waals surface area contributed by atoms with Crippen LogP contribution in [-0.2, 0) is 16.0 Å². The molecule has 0 aromatic heterocycles. The molecule has 9 heteroatoms. The fourth-order valence-electron chi connectivity index (χ4n) is 3.32. The van der Waals surface area contributed by atoms with Crippen molar-refractivity contribution in [1.29, 1.82) is 0 Å². The molecular weight excluding hydrogens is 370 g/mol. The topological polar surface area (TPSA) is 74.6 Å². The minimum atomic E-state index is -1.13. The van der Waals surface area contributed by atoms with Crippen molar-refractivity contribution in [3.8, 4) is 5.75 Å². The van der Waals surface area contributed by atoms with E-state index in [-0.39, 0.29) is 5.69 Å². The van der Waals surface area contributed by atoms with Crippen LogP contribution < -0.4 is 9.64 Å². The molecule has 0 saturated carbocycles. The number of carbonyl (C=O) groups excluding carboxylic acids is 2. The van der Waals surface area contributed by atoms with Crippen LogP contribution >= 0.6 is 0 Å². The maximum Gasteiger partial charge on any atom is 0.263 e. The van der Waals surface area contributed by atoms with Crippen molar-refractivity contribution >= 4 is 17.5 Å². The third kappa shape index (κ3) is 2.98. The zero-order valence-electron chi connectivity index (χ0n) is 14.9. The molecule has 2 aliphatic heterocycles. The molecule has 28 heavy (non-hydrogen) atoms. The molecule has 4 rings (SSSR count). The van der Waals surface area contributed by atoms with Crippen LogP contribution in [0.15, 0.2) is 52.8 Å². The molecule has 2 atom stereocenters. The summed E-state index contributed by atoms with van der Waals surface area (Å²) in [6, 6.07) is 8.51. The number of ether oxygens (including phenoxy) is 1. The zero-order chi connectivity index (χ0) is 19.8. The molecule has 2 aromatic carbocycles. The quantitative estimate of drug-likeness (QED) is 0.740. The number of hydrogen-bond acceptors (Lipinski definition) is 6. The summed E-state index contributed by atoms with van der Waals surface area (Å²) in [6.45, 7) is 0.377. The first kappa shape index (κ1) is 18.0. The van der Waals surface area contributed by atoms with Gasteiger partial charge in [-0.05, 0) is 36.2 Å². The van der Waals surface area contributed by atoms with E-state index in [1.54, 1.807) is 7.11 Å². The summed E-state index contributed by atoms with van der Waals surface area (Å²) in [4.78, 5) is 26.2. The summed E-state index contributed by atoms with van der Waals surface area (Å²) < 4.78 is 31.8. The molecule has 144 valence electrons. The summed E-state index contributed by atoms with van der Waals surface area (Å²) >= 11 is 0. The van der Waals surface area contributed by atoms with Crippen molar-refractivity contribution in [2.24, 2.45) is 10.3 Å². The number of carbonyl (C=O) groups is 2. The Morgan fingerprint density at radius 3 is 2.46 bits per heavy atom. The first-order valence-electron chi connectivity index (χ1n) is 8.63. The van der Waals surface area contributed by atoms with Gasteiger partial charge in [0.05, 0.1) is 12.8 Å². The smallest absolute Gasteiger partial charge is 0.263 e. The summed E-state index contributed by atoms with van der Waals surface area (Å²) in [5, 5.41) is 9.35. The van der Waals surface area contributed by atoms with E-state index in [4.69, 9.17) is 4.74 Å². The second-order valence-corrected chi connectivity index (χ2v) is 6.47. The van der Waals surface area contributed by atoms with Crippen LogP contribution in [0, 0.1) is 11.6 Å². The Bertz CT molecular complexity index is 964. The Morgan fingerprint density at radius 2 is 1.79 bits per heavy atom. The lowest BCUT2D eigenvalue weighted by atomic mass is 10.1. The van der Waals surface area contributed by atoms with Crippen molar-refractivity contribution in [3.63, 3.8) is 0 Å². The van der Waals surface area contributed by atoms with Crippen molar-refractivity contribution in [3.05, 3.63) is 59.7 Å². The Labute approximate surface area is 159 Å². The average molecular weight is 386 g/mol. The van der Waals surface area contributed by atoms with Gasteiger partial charge in [-0.1, -0.05) is 17.4 Å². The number of hydrogen-bond donors (Lipinski definition) is 0. The number of anilines is 1. The van der Waals surface area contributed by atoms with E-state index in [1.165, 1.54) is 11.1 Å². The largest absolute Gasteiger partial charge is 0.497 e. The molecule has 0 N–H and O–H groups in total. The first-order valence-corrected chi connectivity index (χ1v) is 8.63. The van der Waals surface area contributed by atoms with Crippen molar-refractivity contribution < 1.29 is 23.1 Å². The third-order valence-electron chi connectivity index (χ3n) is 4.81. The second-order valence-electron chi connectivity index (χ2n) is 6.47. The van der Waals surface area contributed by atoms with Gasteiger partial charge in [-0.25, -0.2) is 13.7 Å². The number of methoxy groups -OCH3 is 1. The molecule has 2 aliphatic rings. The number of rotatable bonds is 5. The molecule has 2 aromatic rings. The summed E-state index contributed by atoms with van der Waals surface area (Å²) in [5.41, 5.74) is 0.988. The van der Waals surface area contributed by atoms with Crippen LogP contribution in [0.25, 0.3) is 0 Å². The molecule has 0 aliphatic carbocycles. The first-order chi connectivity index (χ1) is 13.5. The van der Waals surface area contributed by atoms with E-state index in [2.05, 4.69) is 10.3 Å². The maximum atomic E-state index is 13.5. The van der Waals surface area contributed by atoms with Gasteiger partial charge in [-0.2, -0.15) is 5.11 Å². The van der Waals surface area contributed by atoms with Crippen LogP contribution in [0.5, 0.6) is 5.75 Å². The van der Waals surface area contributed by atoms with Gasteiger partial charge in [0.25, 0.3) is 11.8 Å². The van der Waals surface area contributed by atoms with Crippen LogP contribution in [0.3, 0.4) is 0 Å². The van der Waals surface area contributed by atoms with Crippen molar-refractivity contribution in [1.82, 2.24) is 5.01 Å².